The summed E-state index contributed by atoms with van der Waals surface area (Å²) in [5.41, 5.74) is 0.968. The maximum absolute atomic E-state index is 5.29. The van der Waals surface area contributed by atoms with Crippen molar-refractivity contribution in [2.75, 3.05) is 25.1 Å². The van der Waals surface area contributed by atoms with Gasteiger partial charge in [0.1, 0.15) is 0 Å². The lowest BCUT2D eigenvalue weighted by molar-refractivity contribution is 0.367. The predicted octanol–water partition coefficient (Wildman–Crippen LogP) is 1.90. The Bertz CT molecular complexity index is 459. The van der Waals surface area contributed by atoms with E-state index >= 15 is 0 Å². The second kappa shape index (κ2) is 5.95. The van der Waals surface area contributed by atoms with E-state index in [-0.39, 0.29) is 0 Å². The van der Waals surface area contributed by atoms with Crippen LogP contribution < -0.4 is 15.0 Å². The number of anilines is 1. The number of nitrogens with one attached hydrogen (secondary N) is 1. The molecule has 2 atom stereocenters. The van der Waals surface area contributed by atoms with Crippen LogP contribution in [-0.4, -0.2) is 42.3 Å². The number of piperidine rings is 1. The Balaban J connectivity index is 1.86. The van der Waals surface area contributed by atoms with Gasteiger partial charge in [0.15, 0.2) is 0 Å². The van der Waals surface area contributed by atoms with Crippen molar-refractivity contribution in [1.82, 2.24) is 15.3 Å². The summed E-state index contributed by atoms with van der Waals surface area (Å²) in [5.74, 6) is 1.50. The van der Waals surface area contributed by atoms with Gasteiger partial charge in [-0.1, -0.05) is 0 Å². The van der Waals surface area contributed by atoms with E-state index in [1.54, 1.807) is 7.11 Å². The Morgan fingerprint density at radius 2 is 2.15 bits per heavy atom. The lowest BCUT2D eigenvalue weighted by Crippen LogP contribution is -2.51. The SMILES string of the molecule is COc1cc(C)nc(N2CCCCC2C2CCCN2)n1. The zero-order valence-corrected chi connectivity index (χ0v) is 12.4. The van der Waals surface area contributed by atoms with Crippen LogP contribution in [-0.2, 0) is 0 Å². The Morgan fingerprint density at radius 3 is 2.90 bits per heavy atom. The van der Waals surface area contributed by atoms with Gasteiger partial charge in [-0.25, -0.2) is 4.98 Å². The highest BCUT2D eigenvalue weighted by atomic mass is 16.5. The van der Waals surface area contributed by atoms with Gasteiger partial charge in [0.2, 0.25) is 11.8 Å². The third-order valence-corrected chi connectivity index (χ3v) is 4.40. The molecule has 0 saturated carbocycles. The monoisotopic (exact) mass is 276 g/mol. The third-order valence-electron chi connectivity index (χ3n) is 4.40. The molecule has 3 heterocycles. The predicted molar refractivity (Wildman–Crippen MR) is 79.3 cm³/mol. The number of ether oxygens (including phenoxy) is 1. The number of nitrogens with zero attached hydrogens (tertiary/aromatic N) is 3. The van der Waals surface area contributed by atoms with E-state index in [4.69, 9.17) is 4.74 Å². The average Bonchev–Trinajstić information content (AvgIpc) is 3.00. The van der Waals surface area contributed by atoms with Crippen LogP contribution in [0.15, 0.2) is 6.07 Å². The van der Waals surface area contributed by atoms with Crippen molar-refractivity contribution in [3.63, 3.8) is 0 Å². The van der Waals surface area contributed by atoms with Crippen LogP contribution in [0.1, 0.15) is 37.8 Å². The molecule has 2 aliphatic heterocycles. The van der Waals surface area contributed by atoms with Crippen molar-refractivity contribution in [2.45, 2.75) is 51.1 Å². The largest absolute Gasteiger partial charge is 0.481 e. The fourth-order valence-corrected chi connectivity index (χ4v) is 3.42. The molecule has 1 aromatic rings. The summed E-state index contributed by atoms with van der Waals surface area (Å²) >= 11 is 0. The Morgan fingerprint density at radius 1 is 1.25 bits per heavy atom. The summed E-state index contributed by atoms with van der Waals surface area (Å²) in [5, 5.41) is 3.64. The molecular formula is C15H24N4O. The van der Waals surface area contributed by atoms with Crippen LogP contribution >= 0.6 is 0 Å². The Hall–Kier alpha value is -1.36. The average molecular weight is 276 g/mol. The van der Waals surface area contributed by atoms with Gasteiger partial charge in [-0.15, -0.1) is 0 Å². The summed E-state index contributed by atoms with van der Waals surface area (Å²) in [6, 6.07) is 3.00. The zero-order chi connectivity index (χ0) is 13.9. The minimum Gasteiger partial charge on any atom is -0.481 e. The summed E-state index contributed by atoms with van der Waals surface area (Å²) in [4.78, 5) is 11.6. The molecule has 0 radical (unpaired) electrons. The smallest absolute Gasteiger partial charge is 0.229 e. The topological polar surface area (TPSA) is 50.3 Å². The summed E-state index contributed by atoms with van der Waals surface area (Å²) < 4.78 is 5.29. The fourth-order valence-electron chi connectivity index (χ4n) is 3.42. The first-order valence-corrected chi connectivity index (χ1v) is 7.67. The van der Waals surface area contributed by atoms with Gasteiger partial charge in [-0.05, 0) is 45.6 Å². The highest BCUT2D eigenvalue weighted by Gasteiger charge is 2.33. The number of methoxy groups -OCH3 is 1. The molecule has 2 fully saturated rings. The molecule has 0 spiro atoms. The minimum atomic E-state index is 0.526. The van der Waals surface area contributed by atoms with Gasteiger partial charge >= 0.3 is 0 Å². The van der Waals surface area contributed by atoms with E-state index < -0.39 is 0 Å². The normalized spacial score (nSPS) is 26.8. The molecule has 2 unspecified atom stereocenters. The van der Waals surface area contributed by atoms with Crippen molar-refractivity contribution in [3.05, 3.63) is 11.8 Å². The summed E-state index contributed by atoms with van der Waals surface area (Å²) in [6.07, 6.45) is 6.32. The maximum atomic E-state index is 5.29. The van der Waals surface area contributed by atoms with Gasteiger partial charge in [0, 0.05) is 30.4 Å². The first-order valence-electron chi connectivity index (χ1n) is 7.67. The minimum absolute atomic E-state index is 0.526. The lowest BCUT2D eigenvalue weighted by Gasteiger charge is -2.39. The highest BCUT2D eigenvalue weighted by Crippen LogP contribution is 2.28. The first kappa shape index (κ1) is 13.6. The van der Waals surface area contributed by atoms with Gasteiger partial charge in [0.25, 0.3) is 0 Å². The van der Waals surface area contributed by atoms with Crippen molar-refractivity contribution in [3.8, 4) is 5.88 Å². The number of rotatable bonds is 3. The number of aromatic nitrogens is 2. The van der Waals surface area contributed by atoms with Crippen LogP contribution in [0.5, 0.6) is 5.88 Å². The lowest BCUT2D eigenvalue weighted by atomic mass is 9.95. The van der Waals surface area contributed by atoms with Crippen LogP contribution in [0, 0.1) is 6.92 Å². The molecule has 5 nitrogen and oxygen atoms in total. The van der Waals surface area contributed by atoms with Gasteiger partial charge in [-0.2, -0.15) is 4.98 Å². The molecule has 3 rings (SSSR count). The zero-order valence-electron chi connectivity index (χ0n) is 12.4. The molecule has 0 aliphatic carbocycles. The van der Waals surface area contributed by atoms with Crippen molar-refractivity contribution in [2.24, 2.45) is 0 Å². The maximum Gasteiger partial charge on any atom is 0.229 e. The molecule has 1 N–H and O–H groups in total. The van der Waals surface area contributed by atoms with Crippen molar-refractivity contribution >= 4 is 5.95 Å². The Kier molecular flexibility index (Phi) is 4.05. The van der Waals surface area contributed by atoms with E-state index in [1.807, 2.05) is 13.0 Å². The number of hydrogen-bond donors (Lipinski definition) is 1. The molecule has 20 heavy (non-hydrogen) atoms. The summed E-state index contributed by atoms with van der Waals surface area (Å²) in [7, 11) is 1.66. The van der Waals surface area contributed by atoms with E-state index in [1.165, 1.54) is 32.1 Å². The first-order chi connectivity index (χ1) is 9.78. The third kappa shape index (κ3) is 2.73. The standard InChI is InChI=1S/C15H24N4O/c1-11-10-14(20-2)18-15(17-11)19-9-4-3-7-13(19)12-6-5-8-16-12/h10,12-13,16H,3-9H2,1-2H3. The van der Waals surface area contributed by atoms with Crippen LogP contribution in [0.2, 0.25) is 0 Å². The van der Waals surface area contributed by atoms with E-state index in [2.05, 4.69) is 20.2 Å². The van der Waals surface area contributed by atoms with Crippen LogP contribution in [0.3, 0.4) is 0 Å². The van der Waals surface area contributed by atoms with Gasteiger partial charge < -0.3 is 15.0 Å². The molecular weight excluding hydrogens is 252 g/mol. The summed E-state index contributed by atoms with van der Waals surface area (Å²) in [6.45, 7) is 4.20. The molecule has 5 heteroatoms. The quantitative estimate of drug-likeness (QED) is 0.914. The van der Waals surface area contributed by atoms with Crippen molar-refractivity contribution in [1.29, 1.82) is 0 Å². The van der Waals surface area contributed by atoms with Crippen molar-refractivity contribution < 1.29 is 4.74 Å². The molecule has 2 aliphatic rings. The fraction of sp³-hybridized carbons (Fsp3) is 0.733. The van der Waals surface area contributed by atoms with E-state index in [0.29, 0.717) is 18.0 Å². The molecule has 1 aromatic heterocycles. The van der Waals surface area contributed by atoms with Gasteiger partial charge in [0.05, 0.1) is 7.11 Å². The van der Waals surface area contributed by atoms with E-state index in [0.717, 1.165) is 24.7 Å². The molecule has 0 bridgehead atoms. The highest BCUT2D eigenvalue weighted by molar-refractivity contribution is 5.37. The van der Waals surface area contributed by atoms with Crippen LogP contribution in [0.4, 0.5) is 5.95 Å². The number of hydrogen-bond acceptors (Lipinski definition) is 5. The second-order valence-electron chi connectivity index (χ2n) is 5.81. The number of aryl methyl sites for hydroxylation is 1. The molecule has 2 saturated heterocycles. The van der Waals surface area contributed by atoms with Crippen LogP contribution in [0.25, 0.3) is 0 Å². The van der Waals surface area contributed by atoms with E-state index in [9.17, 15) is 0 Å². The molecule has 0 amide bonds. The molecule has 0 aromatic carbocycles. The second-order valence-corrected chi connectivity index (χ2v) is 5.81. The van der Waals surface area contributed by atoms with Gasteiger partial charge in [-0.3, -0.25) is 0 Å². The Labute approximate surface area is 120 Å². The molecule has 110 valence electrons.